The fraction of sp³-hybridized carbons (Fsp3) is 0. The van der Waals surface area contributed by atoms with Crippen molar-refractivity contribution in [3.05, 3.63) is 40.5 Å². The molecule has 24 heavy (non-hydrogen) atoms. The molecule has 0 amide bonds. The summed E-state index contributed by atoms with van der Waals surface area (Å²) in [6.45, 7) is 0. The van der Waals surface area contributed by atoms with E-state index in [9.17, 15) is 18.1 Å². The van der Waals surface area contributed by atoms with Crippen molar-refractivity contribution >= 4 is 55.6 Å². The first-order valence-electron chi connectivity index (χ1n) is 6.32. The lowest BCUT2D eigenvalue weighted by Gasteiger charge is -2.13. The van der Waals surface area contributed by atoms with Gasteiger partial charge in [0.15, 0.2) is 16.7 Å². The van der Waals surface area contributed by atoms with Crippen molar-refractivity contribution in [2.45, 2.75) is 4.90 Å². The van der Waals surface area contributed by atoms with Gasteiger partial charge in [-0.15, -0.1) is 10.2 Å². The molecule has 0 atom stereocenters. The Morgan fingerprint density at radius 1 is 1.12 bits per heavy atom. The highest BCUT2D eigenvalue weighted by Gasteiger charge is 2.23. The van der Waals surface area contributed by atoms with E-state index in [1.807, 2.05) is 0 Å². The van der Waals surface area contributed by atoms with Crippen molar-refractivity contribution in [2.24, 2.45) is 0 Å². The Balaban J connectivity index is 2.26. The molecule has 3 aromatic rings. The lowest BCUT2D eigenvalue weighted by molar-refractivity contribution is 0.447. The number of hydrogen-bond donors (Lipinski definition) is 3. The summed E-state index contributed by atoms with van der Waals surface area (Å²) in [6, 6.07) is 7.78. The topological polar surface area (TPSA) is 125 Å². The second-order valence-corrected chi connectivity index (χ2v) is 6.76. The van der Waals surface area contributed by atoms with E-state index in [-0.39, 0.29) is 27.1 Å². The monoisotopic (exact) mass is 386 g/mol. The number of benzene rings is 2. The molecule has 3 N–H and O–H groups in total. The molecule has 2 aromatic carbocycles. The Hall–Kier alpha value is -2.20. The van der Waals surface area contributed by atoms with Crippen LogP contribution in [0.2, 0.25) is 10.2 Å². The zero-order chi connectivity index (χ0) is 17.5. The minimum absolute atomic E-state index is 0.0384. The van der Waals surface area contributed by atoms with Crippen molar-refractivity contribution in [1.82, 2.24) is 15.4 Å². The minimum atomic E-state index is -4.69. The lowest BCUT2D eigenvalue weighted by atomic mass is 10.1. The van der Waals surface area contributed by atoms with Crippen LogP contribution in [0.3, 0.4) is 0 Å². The number of phenols is 1. The van der Waals surface area contributed by atoms with E-state index in [4.69, 9.17) is 23.2 Å². The Morgan fingerprint density at radius 2 is 1.83 bits per heavy atom. The van der Waals surface area contributed by atoms with Crippen molar-refractivity contribution in [1.29, 1.82) is 0 Å². The lowest BCUT2D eigenvalue weighted by Crippen LogP contribution is -2.04. The average molecular weight is 387 g/mol. The van der Waals surface area contributed by atoms with Gasteiger partial charge in [-0.2, -0.15) is 8.42 Å². The van der Waals surface area contributed by atoms with Crippen LogP contribution in [0.5, 0.6) is 5.75 Å². The van der Waals surface area contributed by atoms with Gasteiger partial charge < -0.3 is 10.4 Å². The molecular weight excluding hydrogens is 379 g/mol. The van der Waals surface area contributed by atoms with Crippen LogP contribution in [0.25, 0.3) is 10.8 Å². The average Bonchev–Trinajstić information content (AvgIpc) is 2.51. The van der Waals surface area contributed by atoms with Gasteiger partial charge in [0.2, 0.25) is 0 Å². The largest absolute Gasteiger partial charge is 0.504 e. The molecule has 0 bridgehead atoms. The number of aromatic nitrogens is 3. The van der Waals surface area contributed by atoms with Crippen LogP contribution in [0.4, 0.5) is 11.5 Å². The van der Waals surface area contributed by atoms with E-state index in [2.05, 4.69) is 20.7 Å². The Labute approximate surface area is 145 Å². The summed E-state index contributed by atoms with van der Waals surface area (Å²) in [4.78, 5) is -0.632. The van der Waals surface area contributed by atoms with Gasteiger partial charge in [0.1, 0.15) is 9.92 Å². The molecule has 0 saturated heterocycles. The molecule has 0 fully saturated rings. The predicted molar refractivity (Wildman–Crippen MR) is 88.6 cm³/mol. The Kier molecular flexibility index (Phi) is 4.18. The third-order valence-corrected chi connectivity index (χ3v) is 4.80. The number of rotatable bonds is 3. The van der Waals surface area contributed by atoms with Gasteiger partial charge in [-0.25, -0.2) is 0 Å². The van der Waals surface area contributed by atoms with Gasteiger partial charge in [-0.1, -0.05) is 47.5 Å². The van der Waals surface area contributed by atoms with Crippen molar-refractivity contribution in [2.75, 3.05) is 5.32 Å². The Morgan fingerprint density at radius 3 is 2.54 bits per heavy atom. The van der Waals surface area contributed by atoms with Crippen LogP contribution < -0.4 is 5.32 Å². The van der Waals surface area contributed by atoms with Gasteiger partial charge in [-0.3, -0.25) is 4.55 Å². The number of nitrogens with zero attached hydrogens (tertiary/aromatic N) is 3. The number of anilines is 2. The normalized spacial score (nSPS) is 11.6. The number of fused-ring (bicyclic) bond motifs is 1. The van der Waals surface area contributed by atoms with Crippen molar-refractivity contribution in [3.63, 3.8) is 0 Å². The van der Waals surface area contributed by atoms with Gasteiger partial charge in [-0.05, 0) is 16.7 Å². The molecule has 0 aliphatic heterocycles. The standard InChI is InChI=1S/C13H8Cl2N4O4S/c14-9-12(15)17-19-18-13(9)16-8-5-6-3-1-2-4-7(6)11(10(8)20)24(21,22)23/h1-5,20H,(H,16,17,18)(H,21,22,23). The van der Waals surface area contributed by atoms with E-state index >= 15 is 0 Å². The van der Waals surface area contributed by atoms with E-state index in [0.29, 0.717) is 5.39 Å². The maximum atomic E-state index is 11.7. The summed E-state index contributed by atoms with van der Waals surface area (Å²) in [6.07, 6.45) is 0. The van der Waals surface area contributed by atoms with Crippen molar-refractivity contribution in [3.8, 4) is 5.75 Å². The second-order valence-electron chi connectivity index (χ2n) is 4.67. The number of nitrogens with one attached hydrogen (secondary N) is 1. The van der Waals surface area contributed by atoms with Crippen LogP contribution in [0, 0.1) is 0 Å². The molecule has 0 radical (unpaired) electrons. The molecule has 1 aromatic heterocycles. The molecule has 124 valence electrons. The molecule has 0 unspecified atom stereocenters. The maximum absolute atomic E-state index is 11.7. The van der Waals surface area contributed by atoms with E-state index < -0.39 is 20.8 Å². The predicted octanol–water partition coefficient (Wildman–Crippen LogP) is 3.03. The van der Waals surface area contributed by atoms with E-state index in [0.717, 1.165) is 0 Å². The highest BCUT2D eigenvalue weighted by atomic mass is 35.5. The SMILES string of the molecule is O=S(=O)(O)c1c(O)c(Nc2nnnc(Cl)c2Cl)cc2ccccc12. The molecule has 3 rings (SSSR count). The molecule has 8 nitrogen and oxygen atoms in total. The van der Waals surface area contributed by atoms with Crippen LogP contribution in [0.15, 0.2) is 35.2 Å². The molecule has 1 heterocycles. The highest BCUT2D eigenvalue weighted by molar-refractivity contribution is 7.86. The highest BCUT2D eigenvalue weighted by Crippen LogP contribution is 2.40. The first-order valence-corrected chi connectivity index (χ1v) is 8.52. The van der Waals surface area contributed by atoms with E-state index in [1.54, 1.807) is 18.2 Å². The first-order chi connectivity index (χ1) is 11.3. The number of hydrogen-bond acceptors (Lipinski definition) is 7. The second kappa shape index (κ2) is 6.02. The molecule has 0 aliphatic rings. The van der Waals surface area contributed by atoms with Crippen molar-refractivity contribution < 1.29 is 18.1 Å². The zero-order valence-electron chi connectivity index (χ0n) is 11.6. The quantitative estimate of drug-likeness (QED) is 0.463. The van der Waals surface area contributed by atoms with Crippen LogP contribution in [-0.4, -0.2) is 33.5 Å². The number of halogens is 2. The fourth-order valence-electron chi connectivity index (χ4n) is 2.16. The Bertz CT molecular complexity index is 1060. The van der Waals surface area contributed by atoms with Gasteiger partial charge in [0.25, 0.3) is 10.1 Å². The third-order valence-electron chi connectivity index (χ3n) is 3.15. The summed E-state index contributed by atoms with van der Waals surface area (Å²) in [5, 5.41) is 23.8. The first kappa shape index (κ1) is 16.7. The minimum Gasteiger partial charge on any atom is -0.504 e. The fourth-order valence-corrected chi connectivity index (χ4v) is 3.22. The van der Waals surface area contributed by atoms with E-state index in [1.165, 1.54) is 12.1 Å². The molecular formula is C13H8Cl2N4O4S. The van der Waals surface area contributed by atoms with Gasteiger partial charge >= 0.3 is 0 Å². The summed E-state index contributed by atoms with van der Waals surface area (Å²) in [5.41, 5.74) is -0.0557. The molecule has 0 saturated carbocycles. The summed E-state index contributed by atoms with van der Waals surface area (Å²) in [7, 11) is -4.69. The number of phenolic OH excluding ortho intramolecular Hbond substituents is 1. The number of aromatic hydroxyl groups is 1. The summed E-state index contributed by atoms with van der Waals surface area (Å²) >= 11 is 11.7. The zero-order valence-corrected chi connectivity index (χ0v) is 13.9. The van der Waals surface area contributed by atoms with Gasteiger partial charge in [0.05, 0.1) is 5.69 Å². The summed E-state index contributed by atoms with van der Waals surface area (Å²) in [5.74, 6) is -0.731. The molecule has 0 spiro atoms. The van der Waals surface area contributed by atoms with Crippen LogP contribution in [0.1, 0.15) is 0 Å². The van der Waals surface area contributed by atoms with Crippen LogP contribution >= 0.6 is 23.2 Å². The summed E-state index contributed by atoms with van der Waals surface area (Å²) < 4.78 is 32.8. The van der Waals surface area contributed by atoms with Gasteiger partial charge in [0, 0.05) is 5.39 Å². The maximum Gasteiger partial charge on any atom is 0.298 e. The smallest absolute Gasteiger partial charge is 0.298 e. The molecule has 0 aliphatic carbocycles. The third kappa shape index (κ3) is 2.94. The molecule has 11 heteroatoms. The van der Waals surface area contributed by atoms with Crippen LogP contribution in [-0.2, 0) is 10.1 Å².